The summed E-state index contributed by atoms with van der Waals surface area (Å²) in [6.07, 6.45) is 0.777. The molecule has 33 heavy (non-hydrogen) atoms. The molecule has 0 unspecified atom stereocenters. The molecular formula is C15H30Cl4N3O8PS2. The van der Waals surface area contributed by atoms with E-state index in [1.54, 1.807) is 0 Å². The van der Waals surface area contributed by atoms with Gasteiger partial charge in [0.1, 0.15) is 6.04 Å². The Morgan fingerprint density at radius 2 is 1.36 bits per heavy atom. The van der Waals surface area contributed by atoms with Crippen LogP contribution in [0.2, 0.25) is 0 Å². The summed E-state index contributed by atoms with van der Waals surface area (Å²) in [6.45, 7) is 0.0444. The van der Waals surface area contributed by atoms with Crippen molar-refractivity contribution in [3.05, 3.63) is 0 Å². The SMILES string of the molecule is COC(=O)[C@H](CS(=O)(=O)CCOP(=O)(N(CCCl)CCCl)N(CCCl)CCCl)NS(C)(=O)=O. The fourth-order valence-electron chi connectivity index (χ4n) is 2.63. The minimum atomic E-state index is -4.05. The first-order chi connectivity index (χ1) is 15.3. The molecule has 0 saturated heterocycles. The van der Waals surface area contributed by atoms with Gasteiger partial charge in [0.05, 0.1) is 31.5 Å². The summed E-state index contributed by atoms with van der Waals surface area (Å²) >= 11 is 23.3. The number of esters is 1. The van der Waals surface area contributed by atoms with Crippen molar-refractivity contribution >= 4 is 79.9 Å². The summed E-state index contributed by atoms with van der Waals surface area (Å²) < 4.78 is 76.7. The van der Waals surface area contributed by atoms with Gasteiger partial charge < -0.3 is 9.26 Å². The zero-order valence-electron chi connectivity index (χ0n) is 18.3. The lowest BCUT2D eigenvalue weighted by molar-refractivity contribution is -0.142. The van der Waals surface area contributed by atoms with Gasteiger partial charge in [-0.3, -0.25) is 9.36 Å². The maximum atomic E-state index is 13.9. The maximum absolute atomic E-state index is 13.9. The fourth-order valence-corrected chi connectivity index (χ4v) is 8.50. The second-order valence-corrected chi connectivity index (χ2v) is 14.5. The van der Waals surface area contributed by atoms with Crippen LogP contribution in [0, 0.1) is 0 Å². The lowest BCUT2D eigenvalue weighted by Gasteiger charge is -2.37. The van der Waals surface area contributed by atoms with Crippen LogP contribution in [0.1, 0.15) is 0 Å². The summed E-state index contributed by atoms with van der Waals surface area (Å²) in [5.41, 5.74) is 0. The number of sulfonamides is 1. The largest absolute Gasteiger partial charge is 0.468 e. The van der Waals surface area contributed by atoms with Gasteiger partial charge in [0.2, 0.25) is 10.0 Å². The number of nitrogens with one attached hydrogen (secondary N) is 1. The summed E-state index contributed by atoms with van der Waals surface area (Å²) in [6, 6.07) is -1.64. The summed E-state index contributed by atoms with van der Waals surface area (Å²) in [4.78, 5) is 11.8. The highest BCUT2D eigenvalue weighted by molar-refractivity contribution is 7.91. The van der Waals surface area contributed by atoms with Crippen molar-refractivity contribution in [1.29, 1.82) is 0 Å². The van der Waals surface area contributed by atoms with E-state index in [4.69, 9.17) is 50.9 Å². The number of rotatable bonds is 19. The van der Waals surface area contributed by atoms with Gasteiger partial charge in [0.15, 0.2) is 9.84 Å². The Bertz CT molecular complexity index is 818. The van der Waals surface area contributed by atoms with E-state index < -0.39 is 57.7 Å². The average molecular weight is 617 g/mol. The highest BCUT2D eigenvalue weighted by Gasteiger charge is 2.38. The molecule has 11 nitrogen and oxygen atoms in total. The molecule has 0 spiro atoms. The Morgan fingerprint density at radius 1 is 0.939 bits per heavy atom. The number of ether oxygens (including phenoxy) is 1. The van der Waals surface area contributed by atoms with E-state index in [0.29, 0.717) is 0 Å². The first-order valence-corrected chi connectivity index (χ1v) is 16.9. The third-order valence-electron chi connectivity index (χ3n) is 4.00. The zero-order valence-corrected chi connectivity index (χ0v) is 23.8. The van der Waals surface area contributed by atoms with Gasteiger partial charge in [-0.1, -0.05) is 0 Å². The number of carbonyl (C=O) groups is 1. The molecule has 0 aromatic carbocycles. The van der Waals surface area contributed by atoms with Crippen molar-refractivity contribution in [3.63, 3.8) is 0 Å². The van der Waals surface area contributed by atoms with Crippen LogP contribution in [0.3, 0.4) is 0 Å². The molecule has 0 aromatic rings. The van der Waals surface area contributed by atoms with Crippen LogP contribution < -0.4 is 4.72 Å². The minimum absolute atomic E-state index is 0.107. The quantitative estimate of drug-likeness (QED) is 0.128. The Balaban J connectivity index is 5.63. The van der Waals surface area contributed by atoms with Crippen LogP contribution in [0.4, 0.5) is 0 Å². The molecule has 0 fully saturated rings. The minimum Gasteiger partial charge on any atom is -0.468 e. The number of nitrogens with zero attached hydrogens (tertiary/aromatic N) is 2. The van der Waals surface area contributed by atoms with Gasteiger partial charge in [0.25, 0.3) is 0 Å². The van der Waals surface area contributed by atoms with Crippen LogP contribution in [-0.4, -0.2) is 119 Å². The van der Waals surface area contributed by atoms with E-state index >= 15 is 0 Å². The Labute approximate surface area is 215 Å². The number of alkyl halides is 4. The second kappa shape index (κ2) is 16.4. The van der Waals surface area contributed by atoms with Crippen LogP contribution in [0.5, 0.6) is 0 Å². The van der Waals surface area contributed by atoms with Crippen LogP contribution in [-0.2, 0) is 38.5 Å². The van der Waals surface area contributed by atoms with Crippen LogP contribution in [0.15, 0.2) is 0 Å². The predicted octanol–water partition coefficient (Wildman–Crippen LogP) is 1.18. The smallest absolute Gasteiger partial charge is 0.346 e. The monoisotopic (exact) mass is 615 g/mol. The van der Waals surface area contributed by atoms with Gasteiger partial charge >= 0.3 is 13.6 Å². The van der Waals surface area contributed by atoms with Crippen LogP contribution >= 0.6 is 54.1 Å². The molecule has 1 N–H and O–H groups in total. The summed E-state index contributed by atoms with van der Waals surface area (Å²) in [7, 11) is -10.8. The number of hydrogen-bond donors (Lipinski definition) is 1. The normalized spacial score (nSPS) is 14.1. The molecule has 0 heterocycles. The molecule has 0 rings (SSSR count). The number of halogens is 4. The van der Waals surface area contributed by atoms with Crippen molar-refractivity contribution in [2.24, 2.45) is 0 Å². The lowest BCUT2D eigenvalue weighted by Crippen LogP contribution is -2.46. The molecule has 0 aromatic heterocycles. The molecule has 0 radical (unpaired) electrons. The molecular weight excluding hydrogens is 587 g/mol. The van der Waals surface area contributed by atoms with Gasteiger partial charge in [-0.2, -0.15) is 0 Å². The molecule has 198 valence electrons. The van der Waals surface area contributed by atoms with Crippen molar-refractivity contribution in [3.8, 4) is 0 Å². The molecule has 0 bridgehead atoms. The number of sulfone groups is 1. The number of carbonyl (C=O) groups excluding carboxylic acids is 1. The van der Waals surface area contributed by atoms with Crippen molar-refractivity contribution in [1.82, 2.24) is 14.1 Å². The molecule has 1 atom stereocenters. The standard InChI is InChI=1S/C15H30Cl4N3O8PS2/c1-29-15(23)14(20-32(2,25)26)13-33(27,28)12-11-30-31(24,21(7-3-16)8-4-17)22(9-5-18)10-6-19/h14,20H,3-13H2,1-2H3/t14-/m0/s1. The van der Waals surface area contributed by atoms with E-state index in [0.717, 1.165) is 13.4 Å². The van der Waals surface area contributed by atoms with E-state index in [9.17, 15) is 26.2 Å². The van der Waals surface area contributed by atoms with Crippen molar-refractivity contribution in [2.45, 2.75) is 6.04 Å². The van der Waals surface area contributed by atoms with Gasteiger partial charge in [-0.05, 0) is 0 Å². The maximum Gasteiger partial charge on any atom is 0.346 e. The van der Waals surface area contributed by atoms with Crippen molar-refractivity contribution in [2.75, 3.05) is 81.2 Å². The third-order valence-corrected chi connectivity index (χ3v) is 9.77. The number of methoxy groups -OCH3 is 1. The highest BCUT2D eigenvalue weighted by Crippen LogP contribution is 2.54. The van der Waals surface area contributed by atoms with Gasteiger partial charge in [0, 0.05) is 49.7 Å². The zero-order chi connectivity index (χ0) is 25.7. The van der Waals surface area contributed by atoms with E-state index in [-0.39, 0.29) is 49.7 Å². The predicted molar refractivity (Wildman–Crippen MR) is 132 cm³/mol. The molecule has 0 aliphatic carbocycles. The Hall–Kier alpha value is 0.600. The highest BCUT2D eigenvalue weighted by atomic mass is 35.5. The first-order valence-electron chi connectivity index (χ1n) is 9.55. The topological polar surface area (TPSA) is 139 Å². The van der Waals surface area contributed by atoms with E-state index in [1.165, 1.54) is 9.34 Å². The molecule has 0 aliphatic heterocycles. The van der Waals surface area contributed by atoms with E-state index in [2.05, 4.69) is 4.74 Å². The summed E-state index contributed by atoms with van der Waals surface area (Å²) in [5.74, 6) is -2.17. The first kappa shape index (κ1) is 33.6. The Kier molecular flexibility index (Phi) is 16.7. The molecule has 18 heteroatoms. The molecule has 0 saturated carbocycles. The number of hydrogen-bond acceptors (Lipinski definition) is 8. The van der Waals surface area contributed by atoms with Gasteiger partial charge in [-0.15, -0.1) is 46.4 Å². The van der Waals surface area contributed by atoms with Gasteiger partial charge in [-0.25, -0.2) is 30.9 Å². The third kappa shape index (κ3) is 12.9. The van der Waals surface area contributed by atoms with Crippen molar-refractivity contribution < 1.29 is 35.5 Å². The Morgan fingerprint density at radius 3 is 1.70 bits per heavy atom. The second-order valence-electron chi connectivity index (χ2n) is 6.57. The fraction of sp³-hybridized carbons (Fsp3) is 0.933. The molecule has 0 amide bonds. The summed E-state index contributed by atoms with van der Waals surface area (Å²) in [5, 5.41) is 0. The van der Waals surface area contributed by atoms with Crippen LogP contribution in [0.25, 0.3) is 0 Å². The average Bonchev–Trinajstić information content (AvgIpc) is 2.70. The lowest BCUT2D eigenvalue weighted by atomic mass is 10.4. The van der Waals surface area contributed by atoms with E-state index in [1.807, 2.05) is 4.72 Å². The molecule has 0 aliphatic rings.